The van der Waals surface area contributed by atoms with Crippen LogP contribution in [-0.4, -0.2) is 83.8 Å². The van der Waals surface area contributed by atoms with Crippen molar-refractivity contribution in [3.05, 3.63) is 35.9 Å². The number of nitrogens with zero attached hydrogens (tertiary/aromatic N) is 1. The molecule has 0 aromatic heterocycles. The van der Waals surface area contributed by atoms with Crippen LogP contribution >= 0.6 is 0 Å². The predicted molar refractivity (Wildman–Crippen MR) is 168 cm³/mol. The van der Waals surface area contributed by atoms with Crippen LogP contribution in [0.5, 0.6) is 0 Å². The molecule has 1 aromatic carbocycles. The fourth-order valence-corrected chi connectivity index (χ4v) is 5.88. The second kappa shape index (κ2) is 16.9. The molecule has 3 rings (SSSR count). The lowest BCUT2D eigenvalue weighted by atomic mass is 9.83. The van der Waals surface area contributed by atoms with E-state index < -0.39 is 47.4 Å². The molecule has 2 fully saturated rings. The maximum absolute atomic E-state index is 13.9. The van der Waals surface area contributed by atoms with Crippen LogP contribution in [-0.2, 0) is 23.9 Å². The quantitative estimate of drug-likeness (QED) is 0.193. The molecule has 1 aliphatic heterocycles. The normalized spacial score (nSPS) is 18.3. The summed E-state index contributed by atoms with van der Waals surface area (Å²) < 4.78 is 5.45. The Labute approximate surface area is 265 Å². The van der Waals surface area contributed by atoms with E-state index in [1.165, 1.54) is 4.90 Å². The van der Waals surface area contributed by atoms with Crippen LogP contribution in [0.1, 0.15) is 95.8 Å². The largest absolute Gasteiger partial charge is 0.444 e. The first-order valence-electron chi connectivity index (χ1n) is 16.2. The maximum Gasteiger partial charge on any atom is 0.408 e. The second-order valence-corrected chi connectivity index (χ2v) is 12.8. The summed E-state index contributed by atoms with van der Waals surface area (Å²) in [5.41, 5.74) is -0.250. The molecule has 2 aliphatic rings. The molecule has 1 heterocycles. The highest BCUT2D eigenvalue weighted by Gasteiger charge is 2.42. The number of likely N-dealkylation sites (tertiary alicyclic amines) is 1. The summed E-state index contributed by atoms with van der Waals surface area (Å²) in [5, 5.41) is 10.7. The van der Waals surface area contributed by atoms with Gasteiger partial charge in [-0.05, 0) is 70.9 Å². The molecule has 248 valence electrons. The monoisotopic (exact) mass is 627 g/mol. The van der Waals surface area contributed by atoms with Crippen molar-refractivity contribution >= 4 is 35.5 Å². The Bertz CT molecular complexity index is 1190. The number of rotatable bonds is 13. The molecule has 1 aromatic rings. The highest BCUT2D eigenvalue weighted by molar-refractivity contribution is 6.38. The van der Waals surface area contributed by atoms with Gasteiger partial charge in [0.15, 0.2) is 0 Å². The van der Waals surface area contributed by atoms with E-state index >= 15 is 0 Å². The van der Waals surface area contributed by atoms with E-state index in [0.717, 1.165) is 32.1 Å². The van der Waals surface area contributed by atoms with Gasteiger partial charge in [0.25, 0.3) is 11.8 Å². The number of hydrogen-bond donors (Lipinski definition) is 4. The smallest absolute Gasteiger partial charge is 0.408 e. The number of benzene rings is 1. The molecule has 12 heteroatoms. The summed E-state index contributed by atoms with van der Waals surface area (Å²) in [7, 11) is 0. The molecule has 1 saturated carbocycles. The molecule has 1 aliphatic carbocycles. The summed E-state index contributed by atoms with van der Waals surface area (Å²) >= 11 is 0. The summed E-state index contributed by atoms with van der Waals surface area (Å²) in [6, 6.07) is 5.91. The summed E-state index contributed by atoms with van der Waals surface area (Å²) in [6.07, 6.45) is 5.66. The number of carbonyl (C=O) groups is 6. The second-order valence-electron chi connectivity index (χ2n) is 12.8. The van der Waals surface area contributed by atoms with Crippen molar-refractivity contribution in [2.24, 2.45) is 5.92 Å². The molecule has 12 nitrogen and oxygen atoms in total. The van der Waals surface area contributed by atoms with Gasteiger partial charge in [-0.25, -0.2) is 4.79 Å². The molecule has 0 radical (unpaired) electrons. The standard InChI is InChI=1S/C33H49N5O7/c1-5-13-24(27(39)30(42)35-20-19-34-28(40)23-16-10-7-11-17-23)36-29(41)25-18-12-21-38(25)31(43)26(22-14-8-6-9-15-22)37-32(44)45-33(2,3)4/h7,10-11,16-17,22,24-26H,5-6,8-9,12-15,18-21H2,1-4H3,(H,34,40)(H,35,42)(H,36,41)(H,37,44)/t24?,25-,26?/m0/s1. The molecule has 0 bridgehead atoms. The van der Waals surface area contributed by atoms with Crippen LogP contribution in [0.4, 0.5) is 4.79 Å². The van der Waals surface area contributed by atoms with E-state index in [4.69, 9.17) is 4.74 Å². The van der Waals surface area contributed by atoms with Crippen molar-refractivity contribution in [2.75, 3.05) is 19.6 Å². The summed E-state index contributed by atoms with van der Waals surface area (Å²) in [5.74, 6) is -2.86. The molecule has 3 atom stereocenters. The minimum absolute atomic E-state index is 0.0358. The molecular weight excluding hydrogens is 578 g/mol. The molecule has 1 saturated heterocycles. The van der Waals surface area contributed by atoms with E-state index in [1.54, 1.807) is 51.1 Å². The van der Waals surface area contributed by atoms with Crippen molar-refractivity contribution in [2.45, 2.75) is 109 Å². The fourth-order valence-electron chi connectivity index (χ4n) is 5.88. The topological polar surface area (TPSA) is 163 Å². The number of amides is 5. The molecule has 5 amide bonds. The first kappa shape index (κ1) is 35.5. The van der Waals surface area contributed by atoms with Crippen LogP contribution < -0.4 is 21.3 Å². The first-order chi connectivity index (χ1) is 21.4. The Balaban J connectivity index is 1.60. The minimum atomic E-state index is -1.06. The van der Waals surface area contributed by atoms with E-state index in [1.807, 2.05) is 6.92 Å². The summed E-state index contributed by atoms with van der Waals surface area (Å²) in [6.45, 7) is 7.60. The van der Waals surface area contributed by atoms with Gasteiger partial charge < -0.3 is 30.9 Å². The third kappa shape index (κ3) is 10.9. The SMILES string of the molecule is CCCC(NC(=O)[C@@H]1CCCN1C(=O)C(NC(=O)OC(C)(C)C)C1CCCCC1)C(=O)C(=O)NCCNC(=O)c1ccccc1. The van der Waals surface area contributed by atoms with Crippen LogP contribution in [0.25, 0.3) is 0 Å². The highest BCUT2D eigenvalue weighted by Crippen LogP contribution is 2.29. The van der Waals surface area contributed by atoms with Crippen molar-refractivity contribution < 1.29 is 33.5 Å². The zero-order valence-electron chi connectivity index (χ0n) is 27.0. The van der Waals surface area contributed by atoms with E-state index in [9.17, 15) is 28.8 Å². The van der Waals surface area contributed by atoms with Gasteiger partial charge in [0.1, 0.15) is 17.7 Å². The number of nitrogens with one attached hydrogen (secondary N) is 4. The zero-order chi connectivity index (χ0) is 33.0. The fraction of sp³-hybridized carbons (Fsp3) is 0.636. The van der Waals surface area contributed by atoms with Gasteiger partial charge in [-0.2, -0.15) is 0 Å². The number of ether oxygens (including phenoxy) is 1. The molecular formula is C33H49N5O7. The molecule has 45 heavy (non-hydrogen) atoms. The van der Waals surface area contributed by atoms with Crippen LogP contribution in [0.15, 0.2) is 30.3 Å². The predicted octanol–water partition coefficient (Wildman–Crippen LogP) is 2.85. The average Bonchev–Trinajstić information content (AvgIpc) is 3.51. The number of alkyl carbamates (subject to hydrolysis) is 1. The lowest BCUT2D eigenvalue weighted by Crippen LogP contribution is -2.58. The van der Waals surface area contributed by atoms with Gasteiger partial charge in [0, 0.05) is 25.2 Å². The minimum Gasteiger partial charge on any atom is -0.444 e. The number of hydrogen-bond acceptors (Lipinski definition) is 7. The van der Waals surface area contributed by atoms with Gasteiger partial charge >= 0.3 is 6.09 Å². The maximum atomic E-state index is 13.9. The first-order valence-corrected chi connectivity index (χ1v) is 16.2. The van der Waals surface area contributed by atoms with Gasteiger partial charge in [-0.15, -0.1) is 0 Å². The van der Waals surface area contributed by atoms with E-state index in [-0.39, 0.29) is 37.2 Å². The van der Waals surface area contributed by atoms with Gasteiger partial charge in [0.05, 0.1) is 6.04 Å². The third-order valence-corrected chi connectivity index (χ3v) is 8.06. The Hall–Kier alpha value is -3.96. The van der Waals surface area contributed by atoms with E-state index in [2.05, 4.69) is 21.3 Å². The number of ketones is 1. The average molecular weight is 628 g/mol. The molecule has 0 spiro atoms. The van der Waals surface area contributed by atoms with Gasteiger partial charge in [-0.3, -0.25) is 24.0 Å². The van der Waals surface area contributed by atoms with Crippen molar-refractivity contribution in [3.8, 4) is 0 Å². The Morgan fingerprint density at radius 1 is 0.889 bits per heavy atom. The Kier molecular flexibility index (Phi) is 13.4. The highest BCUT2D eigenvalue weighted by atomic mass is 16.6. The van der Waals surface area contributed by atoms with Crippen LogP contribution in [0, 0.1) is 5.92 Å². The van der Waals surface area contributed by atoms with Gasteiger partial charge in [-0.1, -0.05) is 50.8 Å². The van der Waals surface area contributed by atoms with Crippen molar-refractivity contribution in [3.63, 3.8) is 0 Å². The van der Waals surface area contributed by atoms with Crippen LogP contribution in [0.3, 0.4) is 0 Å². The number of Topliss-reactive ketones (excluding diaryl/α,β-unsaturated/α-hetero) is 1. The number of carbonyl (C=O) groups excluding carboxylic acids is 6. The zero-order valence-corrected chi connectivity index (χ0v) is 27.0. The van der Waals surface area contributed by atoms with Crippen LogP contribution in [0.2, 0.25) is 0 Å². The van der Waals surface area contributed by atoms with E-state index in [0.29, 0.717) is 31.4 Å². The summed E-state index contributed by atoms with van der Waals surface area (Å²) in [4.78, 5) is 79.5. The van der Waals surface area contributed by atoms with Crippen molar-refractivity contribution in [1.29, 1.82) is 0 Å². The third-order valence-electron chi connectivity index (χ3n) is 8.06. The van der Waals surface area contributed by atoms with Gasteiger partial charge in [0.2, 0.25) is 17.6 Å². The Morgan fingerprint density at radius 2 is 1.56 bits per heavy atom. The van der Waals surface area contributed by atoms with Crippen molar-refractivity contribution in [1.82, 2.24) is 26.2 Å². The molecule has 4 N–H and O–H groups in total. The Morgan fingerprint density at radius 3 is 2.20 bits per heavy atom. The lowest BCUT2D eigenvalue weighted by Gasteiger charge is -2.35. The molecule has 2 unspecified atom stereocenters. The lowest BCUT2D eigenvalue weighted by molar-refractivity contribution is -0.143.